The molecule has 2 nitrogen and oxygen atoms in total. The summed E-state index contributed by atoms with van der Waals surface area (Å²) in [6, 6.07) is 2.74. The monoisotopic (exact) mass is 242 g/mol. The summed E-state index contributed by atoms with van der Waals surface area (Å²) in [5, 5.41) is 0. The van der Waals surface area contributed by atoms with Crippen molar-refractivity contribution in [1.82, 2.24) is 0 Å². The van der Waals surface area contributed by atoms with Crippen molar-refractivity contribution in [3.63, 3.8) is 0 Å². The fourth-order valence-electron chi connectivity index (χ4n) is 1.80. The van der Waals surface area contributed by atoms with Crippen molar-refractivity contribution in [3.05, 3.63) is 12.2 Å². The Morgan fingerprint density at radius 3 is 2.38 bits per heavy atom. The van der Waals surface area contributed by atoms with Crippen molar-refractivity contribution in [2.75, 3.05) is 6.61 Å². The Morgan fingerprint density at radius 2 is 1.88 bits per heavy atom. The first-order valence-electron chi connectivity index (χ1n) is 6.21. The van der Waals surface area contributed by atoms with Crippen molar-refractivity contribution < 1.29 is 9.53 Å². The lowest BCUT2D eigenvalue weighted by Gasteiger charge is -2.21. The topological polar surface area (TPSA) is 26.3 Å². The normalized spacial score (nSPS) is 11.2. The third-order valence-corrected chi connectivity index (χ3v) is 6.32. The predicted octanol–water partition coefficient (Wildman–Crippen LogP) is 4.00. The van der Waals surface area contributed by atoms with Gasteiger partial charge >= 0.3 is 5.97 Å². The summed E-state index contributed by atoms with van der Waals surface area (Å²) < 4.78 is 5.06. The van der Waals surface area contributed by atoms with Gasteiger partial charge in [-0.2, -0.15) is 0 Å². The largest absolute Gasteiger partial charge is 0.462 e. The first kappa shape index (κ1) is 15.4. The highest BCUT2D eigenvalue weighted by Gasteiger charge is 2.18. The number of hydrogen-bond donors (Lipinski definition) is 0. The van der Waals surface area contributed by atoms with Gasteiger partial charge in [-0.25, -0.2) is 4.79 Å². The van der Waals surface area contributed by atoms with Crippen LogP contribution < -0.4 is 0 Å². The van der Waals surface area contributed by atoms with Crippen LogP contribution in [0.4, 0.5) is 0 Å². The first-order valence-corrected chi connectivity index (χ1v) is 9.63. The Hall–Kier alpha value is -0.573. The summed E-state index contributed by atoms with van der Waals surface area (Å²) in [6.45, 7) is 12.9. The quantitative estimate of drug-likeness (QED) is 0.278. The van der Waals surface area contributed by atoms with Gasteiger partial charge in [0.05, 0.1) is 6.61 Å². The molecule has 0 amide bonds. The molecular weight excluding hydrogens is 216 g/mol. The number of carbonyl (C=O) groups is 1. The Kier molecular flexibility index (Phi) is 7.39. The molecule has 16 heavy (non-hydrogen) atoms. The van der Waals surface area contributed by atoms with Crippen molar-refractivity contribution in [3.8, 4) is 0 Å². The van der Waals surface area contributed by atoms with Gasteiger partial charge in [-0.1, -0.05) is 51.5 Å². The second-order valence-corrected chi connectivity index (χ2v) is 10.6. The van der Waals surface area contributed by atoms with E-state index in [1.54, 1.807) is 6.92 Å². The van der Waals surface area contributed by atoms with Crippen LogP contribution in [0.2, 0.25) is 25.2 Å². The van der Waals surface area contributed by atoms with Gasteiger partial charge < -0.3 is 4.74 Å². The van der Waals surface area contributed by atoms with Gasteiger partial charge in [-0.3, -0.25) is 0 Å². The van der Waals surface area contributed by atoms with E-state index in [2.05, 4.69) is 26.6 Å². The first-order chi connectivity index (χ1) is 7.39. The second-order valence-electron chi connectivity index (χ2n) is 5.29. The van der Waals surface area contributed by atoms with Gasteiger partial charge in [0.25, 0.3) is 0 Å². The van der Waals surface area contributed by atoms with Gasteiger partial charge in [-0.15, -0.1) is 0 Å². The molecule has 0 aliphatic heterocycles. The number of ether oxygens (including phenoxy) is 1. The van der Waals surface area contributed by atoms with Crippen LogP contribution in [0.5, 0.6) is 0 Å². The van der Waals surface area contributed by atoms with Gasteiger partial charge in [-0.05, 0) is 13.3 Å². The lowest BCUT2D eigenvalue weighted by Crippen LogP contribution is -2.24. The van der Waals surface area contributed by atoms with Crippen LogP contribution in [0.25, 0.3) is 0 Å². The van der Waals surface area contributed by atoms with E-state index in [9.17, 15) is 4.79 Å². The zero-order valence-electron chi connectivity index (χ0n) is 11.3. The van der Waals surface area contributed by atoms with E-state index in [4.69, 9.17) is 4.74 Å². The Bertz CT molecular complexity index is 234. The van der Waals surface area contributed by atoms with Crippen LogP contribution in [0, 0.1) is 0 Å². The molecule has 0 spiro atoms. The number of hydrogen-bond acceptors (Lipinski definition) is 2. The van der Waals surface area contributed by atoms with Crippen molar-refractivity contribution in [2.24, 2.45) is 0 Å². The fourth-order valence-corrected chi connectivity index (χ4v) is 4.61. The maximum atomic E-state index is 11.1. The summed E-state index contributed by atoms with van der Waals surface area (Å²) in [5.41, 5.74) is 0.487. The fraction of sp³-hybridized carbons (Fsp3) is 0.769. The number of carbonyl (C=O) groups excluding carboxylic acids is 1. The van der Waals surface area contributed by atoms with Crippen molar-refractivity contribution >= 4 is 14.0 Å². The van der Waals surface area contributed by atoms with Crippen molar-refractivity contribution in [2.45, 2.75) is 58.3 Å². The Balaban J connectivity index is 3.54. The van der Waals surface area contributed by atoms with Crippen LogP contribution in [0.15, 0.2) is 12.2 Å². The lowest BCUT2D eigenvalue weighted by molar-refractivity contribution is -0.139. The molecule has 0 aromatic rings. The molecule has 0 rings (SSSR count). The van der Waals surface area contributed by atoms with Crippen molar-refractivity contribution in [1.29, 1.82) is 0 Å². The minimum absolute atomic E-state index is 0.259. The number of esters is 1. The highest BCUT2D eigenvalue weighted by Crippen LogP contribution is 2.20. The molecule has 0 heterocycles. The highest BCUT2D eigenvalue weighted by molar-refractivity contribution is 6.77. The minimum Gasteiger partial charge on any atom is -0.462 e. The van der Waals surface area contributed by atoms with E-state index < -0.39 is 8.07 Å². The molecule has 0 saturated heterocycles. The molecule has 0 aromatic carbocycles. The maximum Gasteiger partial charge on any atom is 0.333 e. The molecule has 0 unspecified atom stereocenters. The molecule has 94 valence electrons. The number of unbranched alkanes of at least 4 members (excludes halogenated alkanes) is 1. The van der Waals surface area contributed by atoms with Crippen LogP contribution in [-0.4, -0.2) is 20.7 Å². The molecular formula is C13H26O2Si. The molecule has 0 N–H and O–H groups in total. The second kappa shape index (κ2) is 7.66. The van der Waals surface area contributed by atoms with E-state index in [-0.39, 0.29) is 5.97 Å². The SMILES string of the molecule is C=C(C)C(=O)OCCCC[Si](C)(C)CCC. The van der Waals surface area contributed by atoms with Gasteiger partial charge in [0.15, 0.2) is 0 Å². The average molecular weight is 242 g/mol. The predicted molar refractivity (Wildman–Crippen MR) is 72.4 cm³/mol. The highest BCUT2D eigenvalue weighted by atomic mass is 28.3. The van der Waals surface area contributed by atoms with Crippen LogP contribution in [-0.2, 0) is 9.53 Å². The van der Waals surface area contributed by atoms with Crippen LogP contribution in [0.1, 0.15) is 33.1 Å². The molecule has 3 heteroatoms. The van der Waals surface area contributed by atoms with E-state index >= 15 is 0 Å². The molecule has 0 saturated carbocycles. The van der Waals surface area contributed by atoms with E-state index in [1.165, 1.54) is 24.9 Å². The Labute approximate surface area is 101 Å². The van der Waals surface area contributed by atoms with E-state index in [1.807, 2.05) is 0 Å². The molecule has 0 fully saturated rings. The summed E-state index contributed by atoms with van der Waals surface area (Å²) in [7, 11) is -0.960. The number of rotatable bonds is 8. The van der Waals surface area contributed by atoms with Crippen LogP contribution >= 0.6 is 0 Å². The maximum absolute atomic E-state index is 11.1. The molecule has 0 atom stereocenters. The zero-order valence-corrected chi connectivity index (χ0v) is 12.3. The Morgan fingerprint density at radius 1 is 1.25 bits per heavy atom. The smallest absolute Gasteiger partial charge is 0.333 e. The molecule has 0 bridgehead atoms. The standard InChI is InChI=1S/C13H26O2Si/c1-6-10-16(4,5)11-8-7-9-15-13(14)12(2)3/h2,6-11H2,1,3-5H3. The van der Waals surface area contributed by atoms with Crippen LogP contribution in [0.3, 0.4) is 0 Å². The zero-order chi connectivity index (χ0) is 12.6. The summed E-state index contributed by atoms with van der Waals surface area (Å²) in [4.78, 5) is 11.1. The minimum atomic E-state index is -0.960. The molecule has 0 aliphatic carbocycles. The lowest BCUT2D eigenvalue weighted by atomic mass is 10.3. The summed E-state index contributed by atoms with van der Waals surface area (Å²) >= 11 is 0. The van der Waals surface area contributed by atoms with Gasteiger partial charge in [0, 0.05) is 13.6 Å². The van der Waals surface area contributed by atoms with E-state index in [0.717, 1.165) is 6.42 Å². The molecule has 0 aromatic heterocycles. The molecule has 0 radical (unpaired) electrons. The summed E-state index contributed by atoms with van der Waals surface area (Å²) in [6.07, 6.45) is 3.46. The van der Waals surface area contributed by atoms with Gasteiger partial charge in [0.2, 0.25) is 0 Å². The molecule has 0 aliphatic rings. The average Bonchev–Trinajstić information content (AvgIpc) is 2.16. The van der Waals surface area contributed by atoms with Gasteiger partial charge in [0.1, 0.15) is 0 Å². The third kappa shape index (κ3) is 7.68. The van der Waals surface area contributed by atoms with E-state index in [0.29, 0.717) is 12.2 Å². The third-order valence-electron chi connectivity index (χ3n) is 2.76. The summed E-state index contributed by atoms with van der Waals surface area (Å²) in [5.74, 6) is -0.259.